The van der Waals surface area contributed by atoms with E-state index >= 15 is 0 Å². The standard InChI is InChI=1S/C6H8F3N3O2S2/c1-11(2)16(13,14)12-5(3-4-10-12)15-6(7,8)9/h3-4H,1-2H3. The van der Waals surface area contributed by atoms with Crippen LogP contribution in [0.2, 0.25) is 0 Å². The molecule has 5 nitrogen and oxygen atoms in total. The predicted octanol–water partition coefficient (Wildman–Crippen LogP) is 1.15. The molecule has 0 radical (unpaired) electrons. The molecule has 1 aromatic heterocycles. The minimum absolute atomic E-state index is 0.338. The summed E-state index contributed by atoms with van der Waals surface area (Å²) in [6.07, 6.45) is 0.995. The molecule has 92 valence electrons. The number of alkyl halides is 3. The number of thioether (sulfide) groups is 1. The van der Waals surface area contributed by atoms with Gasteiger partial charge in [0.1, 0.15) is 5.03 Å². The van der Waals surface area contributed by atoms with Gasteiger partial charge in [0.2, 0.25) is 0 Å². The maximum absolute atomic E-state index is 12.1. The minimum atomic E-state index is -4.56. The summed E-state index contributed by atoms with van der Waals surface area (Å²) in [6.45, 7) is 0. The third kappa shape index (κ3) is 2.89. The molecule has 0 aliphatic heterocycles. The van der Waals surface area contributed by atoms with Crippen molar-refractivity contribution in [2.45, 2.75) is 10.5 Å². The fourth-order valence-electron chi connectivity index (χ4n) is 0.798. The van der Waals surface area contributed by atoms with Crippen LogP contribution in [0.3, 0.4) is 0 Å². The van der Waals surface area contributed by atoms with Crippen LogP contribution in [0.1, 0.15) is 0 Å². The summed E-state index contributed by atoms with van der Waals surface area (Å²) >= 11 is -0.527. The number of hydrogen-bond donors (Lipinski definition) is 0. The quantitative estimate of drug-likeness (QED) is 0.776. The summed E-state index contributed by atoms with van der Waals surface area (Å²) in [5.74, 6) is 0. The first-order valence-corrected chi connectivity index (χ1v) is 6.09. The van der Waals surface area contributed by atoms with E-state index in [9.17, 15) is 21.6 Å². The molecule has 0 amide bonds. The van der Waals surface area contributed by atoms with Crippen LogP contribution < -0.4 is 0 Å². The van der Waals surface area contributed by atoms with Crippen LogP contribution in [-0.4, -0.2) is 41.5 Å². The maximum atomic E-state index is 12.1. The Balaban J connectivity index is 3.14. The molecule has 0 aliphatic carbocycles. The van der Waals surface area contributed by atoms with Crippen LogP contribution >= 0.6 is 11.8 Å². The lowest BCUT2D eigenvalue weighted by Crippen LogP contribution is -2.30. The van der Waals surface area contributed by atoms with Gasteiger partial charge in [0.05, 0.1) is 6.20 Å². The van der Waals surface area contributed by atoms with Gasteiger partial charge in [-0.2, -0.15) is 31.0 Å². The maximum Gasteiger partial charge on any atom is 0.447 e. The number of hydrogen-bond acceptors (Lipinski definition) is 4. The van der Waals surface area contributed by atoms with E-state index in [4.69, 9.17) is 0 Å². The van der Waals surface area contributed by atoms with Crippen molar-refractivity contribution in [1.29, 1.82) is 0 Å². The Hall–Kier alpha value is -0.740. The van der Waals surface area contributed by atoms with E-state index in [0.717, 1.165) is 16.6 Å². The van der Waals surface area contributed by atoms with E-state index in [2.05, 4.69) is 5.10 Å². The zero-order valence-electron chi connectivity index (χ0n) is 8.26. The van der Waals surface area contributed by atoms with Crippen molar-refractivity contribution in [3.63, 3.8) is 0 Å². The molecule has 0 aliphatic rings. The number of aromatic nitrogens is 2. The number of halogens is 3. The van der Waals surface area contributed by atoms with Crippen LogP contribution in [0, 0.1) is 0 Å². The molecule has 0 saturated heterocycles. The Morgan fingerprint density at radius 3 is 2.44 bits per heavy atom. The molecule has 0 bridgehead atoms. The number of nitrogens with zero attached hydrogens (tertiary/aromatic N) is 3. The fourth-order valence-corrected chi connectivity index (χ4v) is 2.45. The highest BCUT2D eigenvalue weighted by Crippen LogP contribution is 2.37. The highest BCUT2D eigenvalue weighted by Gasteiger charge is 2.33. The fraction of sp³-hybridized carbons (Fsp3) is 0.500. The Kier molecular flexibility index (Phi) is 3.55. The molecule has 0 N–H and O–H groups in total. The third-order valence-electron chi connectivity index (χ3n) is 1.48. The second kappa shape index (κ2) is 4.26. The van der Waals surface area contributed by atoms with Gasteiger partial charge in [0.25, 0.3) is 0 Å². The molecule has 10 heteroatoms. The summed E-state index contributed by atoms with van der Waals surface area (Å²) in [5.41, 5.74) is -4.56. The van der Waals surface area contributed by atoms with Crippen molar-refractivity contribution in [1.82, 2.24) is 13.5 Å². The smallest absolute Gasteiger partial charge is 0.189 e. The van der Waals surface area contributed by atoms with E-state index in [0.29, 0.717) is 4.09 Å². The zero-order valence-corrected chi connectivity index (χ0v) is 9.90. The van der Waals surface area contributed by atoms with Crippen molar-refractivity contribution in [3.8, 4) is 0 Å². The van der Waals surface area contributed by atoms with Gasteiger partial charge in [-0.05, 0) is 6.07 Å². The molecule has 0 saturated carbocycles. The molecule has 0 fully saturated rings. The zero-order chi connectivity index (χ0) is 12.6. The molecular formula is C6H8F3N3O2S2. The topological polar surface area (TPSA) is 55.2 Å². The third-order valence-corrected chi connectivity index (χ3v) is 3.99. The molecular weight excluding hydrogens is 267 g/mol. The number of rotatable bonds is 3. The van der Waals surface area contributed by atoms with Gasteiger partial charge in [-0.15, -0.1) is 4.09 Å². The van der Waals surface area contributed by atoms with Gasteiger partial charge in [0, 0.05) is 25.9 Å². The van der Waals surface area contributed by atoms with Gasteiger partial charge < -0.3 is 0 Å². The average Bonchev–Trinajstić information content (AvgIpc) is 2.49. The monoisotopic (exact) mass is 275 g/mol. The molecule has 0 spiro atoms. The first kappa shape index (κ1) is 13.3. The lowest BCUT2D eigenvalue weighted by atomic mass is 10.8. The highest BCUT2D eigenvalue weighted by atomic mass is 32.2. The first-order chi connectivity index (χ1) is 7.14. The summed E-state index contributed by atoms with van der Waals surface area (Å²) in [6, 6.07) is 0.985. The van der Waals surface area contributed by atoms with Gasteiger partial charge in [-0.1, -0.05) is 0 Å². The van der Waals surface area contributed by atoms with Crippen LogP contribution in [0.4, 0.5) is 13.2 Å². The predicted molar refractivity (Wildman–Crippen MR) is 52.1 cm³/mol. The van der Waals surface area contributed by atoms with Crippen LogP contribution in [0.15, 0.2) is 17.3 Å². The Labute approximate surface area is 94.4 Å². The highest BCUT2D eigenvalue weighted by molar-refractivity contribution is 8.00. The minimum Gasteiger partial charge on any atom is -0.189 e. The van der Waals surface area contributed by atoms with E-state index < -0.39 is 32.5 Å². The van der Waals surface area contributed by atoms with E-state index in [1.54, 1.807) is 0 Å². The second-order valence-electron chi connectivity index (χ2n) is 2.85. The van der Waals surface area contributed by atoms with Crippen LogP contribution in [0.25, 0.3) is 0 Å². The first-order valence-electron chi connectivity index (χ1n) is 3.87. The summed E-state index contributed by atoms with van der Waals surface area (Å²) in [5, 5.41) is 2.86. The molecule has 1 rings (SSSR count). The lowest BCUT2D eigenvalue weighted by molar-refractivity contribution is -0.0329. The largest absolute Gasteiger partial charge is 0.447 e. The normalized spacial score (nSPS) is 13.4. The van der Waals surface area contributed by atoms with Gasteiger partial charge >= 0.3 is 15.7 Å². The Morgan fingerprint density at radius 2 is 2.00 bits per heavy atom. The van der Waals surface area contributed by atoms with Crippen molar-refractivity contribution in [2.75, 3.05) is 14.1 Å². The van der Waals surface area contributed by atoms with Crippen LogP contribution in [-0.2, 0) is 10.2 Å². The van der Waals surface area contributed by atoms with Crippen molar-refractivity contribution >= 4 is 22.0 Å². The summed E-state index contributed by atoms with van der Waals surface area (Å²) in [7, 11) is -1.60. The molecule has 16 heavy (non-hydrogen) atoms. The van der Waals surface area contributed by atoms with Crippen molar-refractivity contribution < 1.29 is 21.6 Å². The SMILES string of the molecule is CN(C)S(=O)(=O)n1nccc1SC(F)(F)F. The summed E-state index contributed by atoms with van der Waals surface area (Å²) < 4.78 is 60.5. The Bertz CT molecular complexity index is 466. The summed E-state index contributed by atoms with van der Waals surface area (Å²) in [4.78, 5) is 0. The van der Waals surface area contributed by atoms with E-state index in [1.165, 1.54) is 14.1 Å². The molecule has 0 unspecified atom stereocenters. The molecule has 0 aromatic carbocycles. The lowest BCUT2D eigenvalue weighted by Gasteiger charge is -2.13. The molecule has 1 heterocycles. The van der Waals surface area contributed by atoms with Crippen LogP contribution in [0.5, 0.6) is 0 Å². The van der Waals surface area contributed by atoms with Crippen molar-refractivity contribution in [3.05, 3.63) is 12.3 Å². The molecule has 0 atom stereocenters. The van der Waals surface area contributed by atoms with Gasteiger partial charge in [-0.3, -0.25) is 0 Å². The Morgan fingerprint density at radius 1 is 1.44 bits per heavy atom. The second-order valence-corrected chi connectivity index (χ2v) is 5.91. The van der Waals surface area contributed by atoms with E-state index in [1.807, 2.05) is 0 Å². The van der Waals surface area contributed by atoms with Crippen molar-refractivity contribution in [2.24, 2.45) is 0 Å². The average molecular weight is 275 g/mol. The van der Waals surface area contributed by atoms with E-state index in [-0.39, 0.29) is 0 Å². The molecule has 1 aromatic rings. The van der Waals surface area contributed by atoms with Gasteiger partial charge in [0.15, 0.2) is 0 Å². The van der Waals surface area contributed by atoms with Gasteiger partial charge in [-0.25, -0.2) is 0 Å².